The summed E-state index contributed by atoms with van der Waals surface area (Å²) < 4.78 is 11.5. The minimum absolute atomic E-state index is 0.344. The van der Waals surface area contributed by atoms with Crippen LogP contribution < -0.4 is 10.2 Å². The van der Waals surface area contributed by atoms with Crippen molar-refractivity contribution in [3.63, 3.8) is 0 Å². The van der Waals surface area contributed by atoms with Gasteiger partial charge >= 0.3 is 6.03 Å². The molecule has 1 spiro atoms. The number of likely N-dealkylation sites (tertiary alicyclic amines) is 1. The number of nitrogens with zero attached hydrogens (tertiary/aromatic N) is 2. The van der Waals surface area contributed by atoms with Crippen molar-refractivity contribution in [1.29, 1.82) is 0 Å². The van der Waals surface area contributed by atoms with Gasteiger partial charge in [0, 0.05) is 37.2 Å². The Labute approximate surface area is 186 Å². The molecule has 0 unspecified atom stereocenters. The highest BCUT2D eigenvalue weighted by molar-refractivity contribution is 6.11. The van der Waals surface area contributed by atoms with Crippen LogP contribution in [-0.4, -0.2) is 54.0 Å². The van der Waals surface area contributed by atoms with Gasteiger partial charge in [0.2, 0.25) is 0 Å². The standard InChI is InChI=1S/C24H27N3O5/c1-16-7-8-18(15-17(16)2)27-22(29)25-20-6-4-3-5-19(20)24(27,30)21(28)26-11-9-23(10-12-26)31-13-14-32-23/h3-8,15,30H,9-14H2,1-2H3,(H,25,29)/t24-/m1/s1. The third kappa shape index (κ3) is 3.18. The van der Waals surface area contributed by atoms with Gasteiger partial charge in [-0.1, -0.05) is 24.3 Å². The van der Waals surface area contributed by atoms with E-state index in [0.29, 0.717) is 56.1 Å². The number of amides is 3. The number of piperidine rings is 1. The number of aryl methyl sites for hydroxylation is 2. The van der Waals surface area contributed by atoms with Gasteiger partial charge in [0.1, 0.15) is 0 Å². The van der Waals surface area contributed by atoms with Crippen molar-refractivity contribution in [2.45, 2.75) is 38.2 Å². The number of rotatable bonds is 2. The molecule has 2 N–H and O–H groups in total. The predicted octanol–water partition coefficient (Wildman–Crippen LogP) is 2.87. The van der Waals surface area contributed by atoms with Crippen LogP contribution >= 0.6 is 0 Å². The lowest BCUT2D eigenvalue weighted by atomic mass is 9.92. The number of anilines is 2. The Morgan fingerprint density at radius 2 is 1.72 bits per heavy atom. The van der Waals surface area contributed by atoms with Gasteiger partial charge in [0.15, 0.2) is 5.79 Å². The lowest BCUT2D eigenvalue weighted by Gasteiger charge is -2.46. The van der Waals surface area contributed by atoms with Crippen LogP contribution in [0.1, 0.15) is 29.5 Å². The van der Waals surface area contributed by atoms with E-state index < -0.39 is 23.5 Å². The molecule has 8 nitrogen and oxygen atoms in total. The summed E-state index contributed by atoms with van der Waals surface area (Å²) in [5.74, 6) is -1.18. The van der Waals surface area contributed by atoms with Crippen LogP contribution in [0.15, 0.2) is 42.5 Å². The number of carbonyl (C=O) groups is 2. The number of urea groups is 1. The molecule has 0 aliphatic carbocycles. The zero-order valence-corrected chi connectivity index (χ0v) is 18.3. The first-order valence-electron chi connectivity index (χ1n) is 10.9. The highest BCUT2D eigenvalue weighted by atomic mass is 16.7. The number of benzene rings is 2. The molecule has 2 aromatic rings. The number of hydrogen-bond donors (Lipinski definition) is 2. The average molecular weight is 437 g/mol. The minimum atomic E-state index is -2.18. The van der Waals surface area contributed by atoms with Gasteiger partial charge in [-0.05, 0) is 43.2 Å². The van der Waals surface area contributed by atoms with E-state index in [-0.39, 0.29) is 0 Å². The molecular formula is C24H27N3O5. The van der Waals surface area contributed by atoms with E-state index >= 15 is 0 Å². The maximum atomic E-state index is 13.9. The first kappa shape index (κ1) is 20.9. The van der Waals surface area contributed by atoms with Crippen LogP contribution in [0.2, 0.25) is 0 Å². The number of ether oxygens (including phenoxy) is 2. The molecule has 2 fully saturated rings. The SMILES string of the molecule is Cc1ccc(N2C(=O)Nc3ccccc3[C@@]2(O)C(=O)N2CCC3(CC2)OCCO3)cc1C. The molecule has 3 amide bonds. The second-order valence-corrected chi connectivity index (χ2v) is 8.65. The highest BCUT2D eigenvalue weighted by Crippen LogP contribution is 2.42. The van der Waals surface area contributed by atoms with E-state index in [0.717, 1.165) is 16.0 Å². The molecule has 32 heavy (non-hydrogen) atoms. The number of hydrogen-bond acceptors (Lipinski definition) is 5. The third-order valence-electron chi connectivity index (χ3n) is 6.74. The monoisotopic (exact) mass is 437 g/mol. The van der Waals surface area contributed by atoms with Crippen LogP contribution in [0, 0.1) is 13.8 Å². The summed E-state index contributed by atoms with van der Waals surface area (Å²) in [6.07, 6.45) is 1.04. The van der Waals surface area contributed by atoms with Crippen molar-refractivity contribution < 1.29 is 24.2 Å². The molecular weight excluding hydrogens is 410 g/mol. The Morgan fingerprint density at radius 1 is 1.03 bits per heavy atom. The van der Waals surface area contributed by atoms with Gasteiger partial charge in [0.25, 0.3) is 11.6 Å². The second-order valence-electron chi connectivity index (χ2n) is 8.65. The molecule has 3 aliphatic heterocycles. The summed E-state index contributed by atoms with van der Waals surface area (Å²) in [7, 11) is 0. The molecule has 2 saturated heterocycles. The number of para-hydroxylation sites is 1. The minimum Gasteiger partial charge on any atom is -0.359 e. The Hall–Kier alpha value is -2.94. The fourth-order valence-electron chi connectivity index (χ4n) is 4.77. The Kier molecular flexibility index (Phi) is 4.96. The fraction of sp³-hybridized carbons (Fsp3) is 0.417. The Bertz CT molecular complexity index is 1070. The molecule has 5 rings (SSSR count). The lowest BCUT2D eigenvalue weighted by Crippen LogP contribution is -2.64. The highest BCUT2D eigenvalue weighted by Gasteiger charge is 2.54. The largest absolute Gasteiger partial charge is 0.359 e. The van der Waals surface area contributed by atoms with E-state index in [9.17, 15) is 14.7 Å². The van der Waals surface area contributed by atoms with Crippen LogP contribution in [0.25, 0.3) is 0 Å². The third-order valence-corrected chi connectivity index (χ3v) is 6.74. The van der Waals surface area contributed by atoms with Gasteiger partial charge < -0.3 is 24.8 Å². The van der Waals surface area contributed by atoms with Crippen molar-refractivity contribution in [3.8, 4) is 0 Å². The van der Waals surface area contributed by atoms with Crippen LogP contribution in [0.5, 0.6) is 0 Å². The maximum Gasteiger partial charge on any atom is 0.329 e. The van der Waals surface area contributed by atoms with Gasteiger partial charge in [-0.25, -0.2) is 4.79 Å². The zero-order chi connectivity index (χ0) is 22.5. The summed E-state index contributed by atoms with van der Waals surface area (Å²) in [6, 6.07) is 11.8. The second kappa shape index (κ2) is 7.58. The zero-order valence-electron chi connectivity index (χ0n) is 18.3. The van der Waals surface area contributed by atoms with Gasteiger partial charge in [0.05, 0.1) is 18.9 Å². The van der Waals surface area contributed by atoms with E-state index in [1.165, 1.54) is 0 Å². The summed E-state index contributed by atoms with van der Waals surface area (Å²) in [6.45, 7) is 5.73. The average Bonchev–Trinajstić information content (AvgIpc) is 3.24. The van der Waals surface area contributed by atoms with Crippen molar-refractivity contribution >= 4 is 23.3 Å². The molecule has 3 heterocycles. The number of carbonyl (C=O) groups excluding carboxylic acids is 2. The van der Waals surface area contributed by atoms with Crippen LogP contribution in [-0.2, 0) is 20.0 Å². The number of nitrogens with one attached hydrogen (secondary N) is 1. The topological polar surface area (TPSA) is 91.3 Å². The molecule has 1 atom stereocenters. The summed E-state index contributed by atoms with van der Waals surface area (Å²) in [5, 5.41) is 14.9. The smallest absolute Gasteiger partial charge is 0.329 e. The molecule has 0 saturated carbocycles. The number of fused-ring (bicyclic) bond motifs is 1. The van der Waals surface area contributed by atoms with Gasteiger partial charge in [-0.3, -0.25) is 9.69 Å². The van der Waals surface area contributed by atoms with Crippen LogP contribution in [0.3, 0.4) is 0 Å². The normalized spacial score (nSPS) is 24.4. The van der Waals surface area contributed by atoms with Crippen LogP contribution in [0.4, 0.5) is 16.2 Å². The molecule has 2 aromatic carbocycles. The Morgan fingerprint density at radius 3 is 2.41 bits per heavy atom. The van der Waals surface area contributed by atoms with E-state index in [1.807, 2.05) is 26.0 Å². The molecule has 8 heteroatoms. The lowest BCUT2D eigenvalue weighted by molar-refractivity contribution is -0.192. The van der Waals surface area contributed by atoms with Crippen molar-refractivity contribution in [2.75, 3.05) is 36.5 Å². The molecule has 0 aromatic heterocycles. The fourth-order valence-corrected chi connectivity index (χ4v) is 4.77. The summed E-state index contributed by atoms with van der Waals surface area (Å²) in [5.41, 5.74) is 1.05. The van der Waals surface area contributed by atoms with E-state index in [4.69, 9.17) is 9.47 Å². The van der Waals surface area contributed by atoms with E-state index in [2.05, 4.69) is 5.32 Å². The summed E-state index contributed by atoms with van der Waals surface area (Å²) >= 11 is 0. The summed E-state index contributed by atoms with van der Waals surface area (Å²) in [4.78, 5) is 29.9. The number of aliphatic hydroxyl groups is 1. The molecule has 0 radical (unpaired) electrons. The van der Waals surface area contributed by atoms with Crippen molar-refractivity contribution in [2.24, 2.45) is 0 Å². The Balaban J connectivity index is 1.55. The molecule has 0 bridgehead atoms. The van der Waals surface area contributed by atoms with Crippen molar-refractivity contribution in [1.82, 2.24) is 4.90 Å². The first-order chi connectivity index (χ1) is 15.3. The van der Waals surface area contributed by atoms with E-state index in [1.54, 1.807) is 35.2 Å². The first-order valence-corrected chi connectivity index (χ1v) is 10.9. The van der Waals surface area contributed by atoms with Gasteiger partial charge in [-0.15, -0.1) is 0 Å². The van der Waals surface area contributed by atoms with Gasteiger partial charge in [-0.2, -0.15) is 0 Å². The van der Waals surface area contributed by atoms with Crippen molar-refractivity contribution in [3.05, 3.63) is 59.2 Å². The molecule has 168 valence electrons. The maximum absolute atomic E-state index is 13.9. The quantitative estimate of drug-likeness (QED) is 0.754. The predicted molar refractivity (Wildman–Crippen MR) is 118 cm³/mol. The molecule has 3 aliphatic rings.